The second-order valence-corrected chi connectivity index (χ2v) is 6.33. The summed E-state index contributed by atoms with van der Waals surface area (Å²) in [5.41, 5.74) is 2.34. The molecule has 0 unspecified atom stereocenters. The van der Waals surface area contributed by atoms with Crippen LogP contribution in [0.15, 0.2) is 42.6 Å². The number of imide groups is 1. The van der Waals surface area contributed by atoms with Crippen LogP contribution in [-0.4, -0.2) is 29.3 Å². The van der Waals surface area contributed by atoms with E-state index in [1.807, 2.05) is 25.1 Å². The highest BCUT2D eigenvalue weighted by Crippen LogP contribution is 2.18. The third kappa shape index (κ3) is 4.91. The molecular formula is C20H21N3O4. The van der Waals surface area contributed by atoms with Gasteiger partial charge in [0, 0.05) is 30.8 Å². The lowest BCUT2D eigenvalue weighted by atomic mass is 9.97. The number of carbonyl (C=O) groups excluding carboxylic acids is 3. The van der Waals surface area contributed by atoms with Crippen LogP contribution in [0.3, 0.4) is 0 Å². The summed E-state index contributed by atoms with van der Waals surface area (Å²) in [6, 6.07) is 10.7. The van der Waals surface area contributed by atoms with Crippen molar-refractivity contribution in [2.45, 2.75) is 26.3 Å². The van der Waals surface area contributed by atoms with E-state index in [2.05, 4.69) is 15.6 Å². The molecule has 0 saturated carbocycles. The van der Waals surface area contributed by atoms with Gasteiger partial charge >= 0.3 is 0 Å². The first-order valence-corrected chi connectivity index (χ1v) is 8.83. The Labute approximate surface area is 157 Å². The van der Waals surface area contributed by atoms with Crippen LogP contribution in [0.25, 0.3) is 0 Å². The smallest absolute Gasteiger partial charge is 0.251 e. The number of hydrogen-bond donors (Lipinski definition) is 2. The van der Waals surface area contributed by atoms with Gasteiger partial charge in [0.05, 0.1) is 12.5 Å². The van der Waals surface area contributed by atoms with Crippen LogP contribution in [0.4, 0.5) is 0 Å². The van der Waals surface area contributed by atoms with Crippen LogP contribution >= 0.6 is 0 Å². The zero-order valence-corrected chi connectivity index (χ0v) is 15.0. The van der Waals surface area contributed by atoms with Crippen molar-refractivity contribution < 1.29 is 19.1 Å². The Balaban J connectivity index is 1.55. The normalized spacial score (nSPS) is 16.1. The number of rotatable bonds is 7. The first kappa shape index (κ1) is 18.6. The van der Waals surface area contributed by atoms with Crippen LogP contribution in [0.2, 0.25) is 0 Å². The molecule has 1 aromatic heterocycles. The molecular weight excluding hydrogens is 346 g/mol. The van der Waals surface area contributed by atoms with Gasteiger partial charge in [-0.1, -0.05) is 12.1 Å². The molecule has 1 aromatic carbocycles. The van der Waals surface area contributed by atoms with E-state index in [1.165, 1.54) is 0 Å². The third-order valence-corrected chi connectivity index (χ3v) is 4.31. The summed E-state index contributed by atoms with van der Waals surface area (Å²) >= 11 is 0. The van der Waals surface area contributed by atoms with Gasteiger partial charge in [0.15, 0.2) is 0 Å². The van der Waals surface area contributed by atoms with Crippen LogP contribution in [-0.2, 0) is 22.6 Å². The third-order valence-electron chi connectivity index (χ3n) is 4.31. The van der Waals surface area contributed by atoms with Crippen molar-refractivity contribution in [3.8, 4) is 5.88 Å². The molecule has 7 heteroatoms. The Morgan fingerprint density at radius 2 is 2.00 bits per heavy atom. The predicted octanol–water partition coefficient (Wildman–Crippen LogP) is 1.62. The summed E-state index contributed by atoms with van der Waals surface area (Å²) in [4.78, 5) is 39.3. The SMILES string of the molecule is CCOc1cc(CNC(=O)c2ccc(C[C@H]3CC(=O)NC3=O)cc2)ccn1. The Hall–Kier alpha value is -3.22. The van der Waals surface area contributed by atoms with E-state index < -0.39 is 0 Å². The van der Waals surface area contributed by atoms with Gasteiger partial charge in [0.2, 0.25) is 17.7 Å². The minimum absolute atomic E-state index is 0.190. The summed E-state index contributed by atoms with van der Waals surface area (Å²) in [5, 5.41) is 5.16. The summed E-state index contributed by atoms with van der Waals surface area (Å²) < 4.78 is 5.35. The highest BCUT2D eigenvalue weighted by atomic mass is 16.5. The van der Waals surface area contributed by atoms with Crippen molar-refractivity contribution in [1.82, 2.24) is 15.6 Å². The molecule has 1 fully saturated rings. The molecule has 3 amide bonds. The molecule has 0 bridgehead atoms. The topological polar surface area (TPSA) is 97.4 Å². The van der Waals surface area contributed by atoms with E-state index in [-0.39, 0.29) is 30.1 Å². The van der Waals surface area contributed by atoms with Crippen molar-refractivity contribution >= 4 is 17.7 Å². The van der Waals surface area contributed by atoms with E-state index >= 15 is 0 Å². The molecule has 2 N–H and O–H groups in total. The van der Waals surface area contributed by atoms with Crippen LogP contribution < -0.4 is 15.4 Å². The van der Waals surface area contributed by atoms with E-state index in [1.54, 1.807) is 24.4 Å². The Kier molecular flexibility index (Phi) is 5.80. The van der Waals surface area contributed by atoms with Crippen LogP contribution in [0.5, 0.6) is 5.88 Å². The number of carbonyl (C=O) groups is 3. The van der Waals surface area contributed by atoms with Gasteiger partial charge in [-0.3, -0.25) is 19.7 Å². The van der Waals surface area contributed by atoms with Crippen LogP contribution in [0.1, 0.15) is 34.8 Å². The fourth-order valence-electron chi connectivity index (χ4n) is 2.92. The van der Waals surface area contributed by atoms with Gasteiger partial charge in [-0.2, -0.15) is 0 Å². The monoisotopic (exact) mass is 367 g/mol. The first-order chi connectivity index (χ1) is 13.0. The fraction of sp³-hybridized carbons (Fsp3) is 0.300. The molecule has 1 atom stereocenters. The minimum atomic E-state index is -0.330. The number of ether oxygens (including phenoxy) is 1. The van der Waals surface area contributed by atoms with Crippen molar-refractivity contribution in [3.05, 3.63) is 59.3 Å². The van der Waals surface area contributed by atoms with Crippen LogP contribution in [0, 0.1) is 5.92 Å². The predicted molar refractivity (Wildman–Crippen MR) is 98.0 cm³/mol. The largest absolute Gasteiger partial charge is 0.478 e. The van der Waals surface area contributed by atoms with Gasteiger partial charge < -0.3 is 10.1 Å². The van der Waals surface area contributed by atoms with Crippen molar-refractivity contribution in [2.75, 3.05) is 6.61 Å². The van der Waals surface area contributed by atoms with Gasteiger partial charge in [0.25, 0.3) is 5.91 Å². The molecule has 7 nitrogen and oxygen atoms in total. The number of aromatic nitrogens is 1. The highest BCUT2D eigenvalue weighted by molar-refractivity contribution is 6.03. The molecule has 1 aliphatic rings. The molecule has 0 radical (unpaired) electrons. The lowest BCUT2D eigenvalue weighted by Gasteiger charge is -2.09. The fourth-order valence-corrected chi connectivity index (χ4v) is 2.92. The van der Waals surface area contributed by atoms with Crippen molar-refractivity contribution in [2.24, 2.45) is 5.92 Å². The molecule has 0 spiro atoms. The van der Waals surface area contributed by atoms with Crippen molar-refractivity contribution in [3.63, 3.8) is 0 Å². The second-order valence-electron chi connectivity index (χ2n) is 6.33. The quantitative estimate of drug-likeness (QED) is 0.725. The zero-order chi connectivity index (χ0) is 19.2. The van der Waals surface area contributed by atoms with Gasteiger partial charge in [0.1, 0.15) is 0 Å². The molecule has 27 heavy (non-hydrogen) atoms. The Bertz CT molecular complexity index is 849. The lowest BCUT2D eigenvalue weighted by molar-refractivity contribution is -0.125. The summed E-state index contributed by atoms with van der Waals surface area (Å²) in [5.74, 6) is -0.452. The Morgan fingerprint density at radius 3 is 2.67 bits per heavy atom. The van der Waals surface area contributed by atoms with E-state index in [0.29, 0.717) is 31.0 Å². The minimum Gasteiger partial charge on any atom is -0.478 e. The number of hydrogen-bond acceptors (Lipinski definition) is 5. The molecule has 2 heterocycles. The van der Waals surface area contributed by atoms with Gasteiger partial charge in [-0.05, 0) is 42.7 Å². The maximum absolute atomic E-state index is 12.3. The maximum Gasteiger partial charge on any atom is 0.251 e. The second kappa shape index (κ2) is 8.44. The summed E-state index contributed by atoms with van der Waals surface area (Å²) in [6.07, 6.45) is 2.35. The summed E-state index contributed by atoms with van der Waals surface area (Å²) in [6.45, 7) is 2.79. The van der Waals surface area contributed by atoms with E-state index in [0.717, 1.165) is 11.1 Å². The molecule has 1 saturated heterocycles. The van der Waals surface area contributed by atoms with Crippen molar-refractivity contribution in [1.29, 1.82) is 0 Å². The number of nitrogens with one attached hydrogen (secondary N) is 2. The van der Waals surface area contributed by atoms with E-state index in [9.17, 15) is 14.4 Å². The molecule has 0 aliphatic carbocycles. The average molecular weight is 367 g/mol. The zero-order valence-electron chi connectivity index (χ0n) is 15.0. The average Bonchev–Trinajstić information content (AvgIpc) is 2.98. The highest BCUT2D eigenvalue weighted by Gasteiger charge is 2.30. The molecule has 3 rings (SSSR count). The Morgan fingerprint density at radius 1 is 1.22 bits per heavy atom. The first-order valence-electron chi connectivity index (χ1n) is 8.83. The standard InChI is InChI=1S/C20H21N3O4/c1-2-27-18-10-14(7-8-21-18)12-22-19(25)15-5-3-13(4-6-15)9-16-11-17(24)23-20(16)26/h3-8,10,16H,2,9,11-12H2,1H3,(H,22,25)(H,23,24,26)/t16-/m0/s1. The number of pyridine rings is 1. The number of benzene rings is 1. The van der Waals surface area contributed by atoms with Gasteiger partial charge in [-0.25, -0.2) is 4.98 Å². The van der Waals surface area contributed by atoms with Gasteiger partial charge in [-0.15, -0.1) is 0 Å². The number of amides is 3. The lowest BCUT2D eigenvalue weighted by Crippen LogP contribution is -2.23. The number of nitrogens with zero attached hydrogens (tertiary/aromatic N) is 1. The summed E-state index contributed by atoms with van der Waals surface area (Å²) in [7, 11) is 0. The maximum atomic E-state index is 12.3. The molecule has 2 aromatic rings. The molecule has 1 aliphatic heterocycles. The molecule has 140 valence electrons. The van der Waals surface area contributed by atoms with E-state index in [4.69, 9.17) is 4.74 Å².